The molecule has 80 valence electrons. The van der Waals surface area contributed by atoms with Gasteiger partial charge < -0.3 is 10.8 Å². The summed E-state index contributed by atoms with van der Waals surface area (Å²) >= 11 is 11.1. The van der Waals surface area contributed by atoms with Gasteiger partial charge in [-0.25, -0.2) is 4.79 Å². The van der Waals surface area contributed by atoms with Crippen molar-refractivity contribution in [2.24, 2.45) is 0 Å². The molecule has 8 heteroatoms. The highest BCUT2D eigenvalue weighted by Crippen LogP contribution is 2.37. The van der Waals surface area contributed by atoms with Crippen LogP contribution in [0.1, 0.15) is 10.4 Å². The molecule has 0 radical (unpaired) electrons. The summed E-state index contributed by atoms with van der Waals surface area (Å²) in [6, 6.07) is 0.853. The molecule has 0 heterocycles. The molecule has 0 amide bonds. The molecule has 1 aromatic rings. The van der Waals surface area contributed by atoms with E-state index in [9.17, 15) is 14.9 Å². The molecule has 1 rings (SSSR count). The van der Waals surface area contributed by atoms with E-state index < -0.39 is 27.2 Å². The molecular weight excluding hydrogens is 247 g/mol. The molecule has 0 aliphatic carbocycles. The zero-order valence-electron chi connectivity index (χ0n) is 7.03. The van der Waals surface area contributed by atoms with E-state index >= 15 is 0 Å². The molecule has 6 nitrogen and oxygen atoms in total. The number of anilines is 1. The molecule has 0 unspecified atom stereocenters. The fraction of sp³-hybridized carbons (Fsp3) is 0. The van der Waals surface area contributed by atoms with Crippen molar-refractivity contribution in [1.29, 1.82) is 0 Å². The second kappa shape index (κ2) is 3.92. The van der Waals surface area contributed by atoms with Crippen LogP contribution in [0.5, 0.6) is 0 Å². The van der Waals surface area contributed by atoms with E-state index in [1.165, 1.54) is 0 Å². The zero-order valence-corrected chi connectivity index (χ0v) is 8.54. The Hall–Kier alpha value is -1.53. The summed E-state index contributed by atoms with van der Waals surface area (Å²) < 4.78 is 0. The molecule has 0 atom stereocenters. The van der Waals surface area contributed by atoms with Crippen molar-refractivity contribution < 1.29 is 14.8 Å². The van der Waals surface area contributed by atoms with Crippen LogP contribution in [0.25, 0.3) is 0 Å². The minimum Gasteiger partial charge on any atom is -0.477 e. The van der Waals surface area contributed by atoms with E-state index in [4.69, 9.17) is 34.0 Å². The van der Waals surface area contributed by atoms with Gasteiger partial charge in [-0.2, -0.15) is 0 Å². The fourth-order valence-electron chi connectivity index (χ4n) is 0.969. The van der Waals surface area contributed by atoms with Gasteiger partial charge in [0.05, 0.1) is 20.7 Å². The van der Waals surface area contributed by atoms with Crippen molar-refractivity contribution >= 4 is 40.5 Å². The van der Waals surface area contributed by atoms with Crippen LogP contribution < -0.4 is 5.73 Å². The largest absolute Gasteiger partial charge is 0.477 e. The lowest BCUT2D eigenvalue weighted by molar-refractivity contribution is -0.385. The lowest BCUT2D eigenvalue weighted by Gasteiger charge is -2.05. The Bertz CT molecular complexity index is 461. The maximum absolute atomic E-state index is 10.7. The molecule has 0 saturated carbocycles. The second-order valence-corrected chi connectivity index (χ2v) is 3.33. The number of nitro benzene ring substituents is 1. The van der Waals surface area contributed by atoms with Crippen molar-refractivity contribution in [2.75, 3.05) is 5.73 Å². The molecule has 0 spiro atoms. The van der Waals surface area contributed by atoms with E-state index in [0.29, 0.717) is 0 Å². The summed E-state index contributed by atoms with van der Waals surface area (Å²) in [7, 11) is 0. The standard InChI is InChI=1S/C7H4Cl2N2O4/c8-2-1-3(11(14)15)4(7(12)13)5(9)6(2)10/h1H,10H2,(H,12,13). The Morgan fingerprint density at radius 3 is 2.47 bits per heavy atom. The van der Waals surface area contributed by atoms with Crippen molar-refractivity contribution in [3.8, 4) is 0 Å². The molecule has 15 heavy (non-hydrogen) atoms. The predicted octanol–water partition coefficient (Wildman–Crippen LogP) is 2.18. The Morgan fingerprint density at radius 2 is 2.07 bits per heavy atom. The Kier molecular flexibility index (Phi) is 3.01. The minimum absolute atomic E-state index is 0.156. The number of hydrogen-bond donors (Lipinski definition) is 2. The summed E-state index contributed by atoms with van der Waals surface area (Å²) in [5, 5.41) is 18.7. The smallest absolute Gasteiger partial charge is 0.344 e. The van der Waals surface area contributed by atoms with Crippen LogP contribution in [-0.2, 0) is 0 Å². The van der Waals surface area contributed by atoms with Gasteiger partial charge in [0.25, 0.3) is 5.69 Å². The van der Waals surface area contributed by atoms with Crippen LogP contribution in [0, 0.1) is 10.1 Å². The molecule has 0 aliphatic rings. The molecule has 0 saturated heterocycles. The highest BCUT2D eigenvalue weighted by atomic mass is 35.5. The molecule has 0 aliphatic heterocycles. The first kappa shape index (κ1) is 11.5. The van der Waals surface area contributed by atoms with Crippen LogP contribution in [0.4, 0.5) is 11.4 Å². The normalized spacial score (nSPS) is 10.0. The SMILES string of the molecule is Nc1c(Cl)cc([N+](=O)[O-])c(C(=O)O)c1Cl. The van der Waals surface area contributed by atoms with E-state index in [-0.39, 0.29) is 10.7 Å². The van der Waals surface area contributed by atoms with Gasteiger partial charge in [0, 0.05) is 6.07 Å². The van der Waals surface area contributed by atoms with Gasteiger partial charge in [-0.3, -0.25) is 10.1 Å². The number of hydrogen-bond acceptors (Lipinski definition) is 4. The van der Waals surface area contributed by atoms with Crippen molar-refractivity contribution in [2.45, 2.75) is 0 Å². The van der Waals surface area contributed by atoms with Crippen molar-refractivity contribution in [3.05, 3.63) is 31.8 Å². The van der Waals surface area contributed by atoms with E-state index in [0.717, 1.165) is 6.07 Å². The van der Waals surface area contributed by atoms with Crippen molar-refractivity contribution in [1.82, 2.24) is 0 Å². The lowest BCUT2D eigenvalue weighted by Crippen LogP contribution is -2.06. The van der Waals surface area contributed by atoms with Crippen LogP contribution in [0.3, 0.4) is 0 Å². The fourth-order valence-corrected chi connectivity index (χ4v) is 1.49. The maximum atomic E-state index is 10.7. The van der Waals surface area contributed by atoms with Gasteiger partial charge in [-0.1, -0.05) is 23.2 Å². The topological polar surface area (TPSA) is 106 Å². The van der Waals surface area contributed by atoms with Gasteiger partial charge in [0.1, 0.15) is 0 Å². The summed E-state index contributed by atoms with van der Waals surface area (Å²) in [6.45, 7) is 0. The predicted molar refractivity (Wildman–Crippen MR) is 54.5 cm³/mol. The second-order valence-electron chi connectivity index (χ2n) is 2.54. The third kappa shape index (κ3) is 1.95. The number of nitrogens with zero attached hydrogens (tertiary/aromatic N) is 1. The van der Waals surface area contributed by atoms with Gasteiger partial charge in [0.2, 0.25) is 0 Å². The maximum Gasteiger partial charge on any atom is 0.344 e. The van der Waals surface area contributed by atoms with Crippen LogP contribution >= 0.6 is 23.2 Å². The van der Waals surface area contributed by atoms with Crippen LogP contribution in [0.15, 0.2) is 6.07 Å². The van der Waals surface area contributed by atoms with Gasteiger partial charge in [0.15, 0.2) is 5.56 Å². The first-order valence-electron chi connectivity index (χ1n) is 3.51. The summed E-state index contributed by atoms with van der Waals surface area (Å²) in [6.07, 6.45) is 0. The highest BCUT2D eigenvalue weighted by Gasteiger charge is 2.26. The molecule has 0 bridgehead atoms. The van der Waals surface area contributed by atoms with Gasteiger partial charge in [-0.05, 0) is 0 Å². The first-order valence-corrected chi connectivity index (χ1v) is 4.27. The van der Waals surface area contributed by atoms with Crippen LogP contribution in [0.2, 0.25) is 10.0 Å². The number of carboxylic acids is 1. The van der Waals surface area contributed by atoms with Gasteiger partial charge >= 0.3 is 5.97 Å². The van der Waals surface area contributed by atoms with Crippen molar-refractivity contribution in [3.63, 3.8) is 0 Å². The molecule has 1 aromatic carbocycles. The van der Waals surface area contributed by atoms with Gasteiger partial charge in [-0.15, -0.1) is 0 Å². The number of carbonyl (C=O) groups is 1. The Morgan fingerprint density at radius 1 is 1.53 bits per heavy atom. The monoisotopic (exact) mass is 250 g/mol. The minimum atomic E-state index is -1.53. The third-order valence-corrected chi connectivity index (χ3v) is 2.35. The number of nitro groups is 1. The Balaban J connectivity index is 3.65. The number of rotatable bonds is 2. The van der Waals surface area contributed by atoms with E-state index in [2.05, 4.69) is 0 Å². The third-order valence-electron chi connectivity index (χ3n) is 1.64. The molecule has 0 fully saturated rings. The number of nitrogen functional groups attached to an aromatic ring is 1. The molecule has 3 N–H and O–H groups in total. The number of halogens is 2. The van der Waals surface area contributed by atoms with Crippen LogP contribution in [-0.4, -0.2) is 16.0 Å². The lowest BCUT2D eigenvalue weighted by atomic mass is 10.1. The van der Waals surface area contributed by atoms with E-state index in [1.54, 1.807) is 0 Å². The average molecular weight is 251 g/mol. The zero-order chi connectivity index (χ0) is 11.7. The number of nitrogens with two attached hydrogens (primary N) is 1. The Labute approximate surface area is 93.4 Å². The highest BCUT2D eigenvalue weighted by molar-refractivity contribution is 6.41. The molecule has 0 aromatic heterocycles. The molecular formula is C7H4Cl2N2O4. The number of carboxylic acid groups (broad SMARTS) is 1. The number of aromatic carboxylic acids is 1. The van der Waals surface area contributed by atoms with E-state index in [1.807, 2.05) is 0 Å². The summed E-state index contributed by atoms with van der Waals surface area (Å²) in [5.74, 6) is -1.53. The number of benzene rings is 1. The summed E-state index contributed by atoms with van der Waals surface area (Å²) in [4.78, 5) is 20.4. The summed E-state index contributed by atoms with van der Waals surface area (Å²) in [5.41, 5.74) is 3.79. The first-order chi connectivity index (χ1) is 6.86. The quantitative estimate of drug-likeness (QED) is 0.475. The average Bonchev–Trinajstić information content (AvgIpc) is 2.12.